The quantitative estimate of drug-likeness (QED) is 0.219. The van der Waals surface area contributed by atoms with Crippen molar-refractivity contribution < 1.29 is 9.59 Å². The van der Waals surface area contributed by atoms with E-state index in [-0.39, 0.29) is 11.8 Å². The molecule has 3 aromatic heterocycles. The van der Waals surface area contributed by atoms with Crippen LogP contribution in [0, 0.1) is 6.92 Å². The molecule has 0 bridgehead atoms. The summed E-state index contributed by atoms with van der Waals surface area (Å²) in [6.07, 6.45) is 0. The van der Waals surface area contributed by atoms with Gasteiger partial charge in [-0.3, -0.25) is 9.59 Å². The van der Waals surface area contributed by atoms with Crippen molar-refractivity contribution in [2.45, 2.75) is 13.5 Å². The van der Waals surface area contributed by atoms with Crippen LogP contribution >= 0.6 is 11.3 Å². The molecule has 0 radical (unpaired) electrons. The molecule has 1 aliphatic rings. The lowest BCUT2D eigenvalue weighted by atomic mass is 10.1. The number of para-hydroxylation sites is 1. The zero-order valence-corrected chi connectivity index (χ0v) is 25.7. The first-order chi connectivity index (χ1) is 22.0. The second-order valence-electron chi connectivity index (χ2n) is 11.1. The van der Waals surface area contributed by atoms with E-state index in [1.54, 1.807) is 16.2 Å². The number of hydrogen-bond acceptors (Lipinski definition) is 6. The van der Waals surface area contributed by atoms with Crippen LogP contribution in [-0.4, -0.2) is 62.4 Å². The Bertz CT molecular complexity index is 1960. The van der Waals surface area contributed by atoms with E-state index in [2.05, 4.69) is 23.5 Å². The van der Waals surface area contributed by atoms with Crippen molar-refractivity contribution in [2.24, 2.45) is 0 Å². The normalized spacial score (nSPS) is 13.3. The number of anilines is 1. The van der Waals surface area contributed by atoms with Crippen LogP contribution < -0.4 is 5.32 Å². The van der Waals surface area contributed by atoms with Crippen molar-refractivity contribution in [1.29, 1.82) is 0 Å². The first kappa shape index (κ1) is 28.5. The van der Waals surface area contributed by atoms with Crippen molar-refractivity contribution >= 4 is 34.5 Å². The van der Waals surface area contributed by atoms with E-state index in [9.17, 15) is 9.59 Å². The van der Waals surface area contributed by atoms with Crippen LogP contribution in [0.5, 0.6) is 0 Å². The number of thiophene rings is 1. The Kier molecular flexibility index (Phi) is 7.83. The van der Waals surface area contributed by atoms with Crippen LogP contribution in [-0.2, 0) is 6.54 Å². The maximum atomic E-state index is 13.9. The predicted molar refractivity (Wildman–Crippen MR) is 178 cm³/mol. The number of piperazine rings is 1. The Morgan fingerprint density at radius 1 is 0.778 bits per heavy atom. The molecule has 1 N–H and O–H groups in total. The smallest absolute Gasteiger partial charge is 0.272 e. The maximum Gasteiger partial charge on any atom is 0.272 e. The molecule has 224 valence electrons. The van der Waals surface area contributed by atoms with Gasteiger partial charge in [0.1, 0.15) is 5.69 Å². The number of aromatic nitrogens is 3. The highest BCUT2D eigenvalue weighted by atomic mass is 32.1. The minimum Gasteiger partial charge on any atom is -0.380 e. The van der Waals surface area contributed by atoms with E-state index in [1.165, 1.54) is 4.88 Å². The molecule has 45 heavy (non-hydrogen) atoms. The number of benzene rings is 3. The molecular formula is C36H32N6O2S. The van der Waals surface area contributed by atoms with Gasteiger partial charge in [-0.2, -0.15) is 5.10 Å². The number of carbonyl (C=O) groups is 2. The van der Waals surface area contributed by atoms with Crippen molar-refractivity contribution in [1.82, 2.24) is 24.4 Å². The number of aryl methyl sites for hydroxylation is 1. The third-order valence-corrected chi connectivity index (χ3v) is 8.98. The van der Waals surface area contributed by atoms with E-state index in [1.807, 2.05) is 107 Å². The lowest BCUT2D eigenvalue weighted by molar-refractivity contribution is 0.0533. The van der Waals surface area contributed by atoms with Gasteiger partial charge in [-0.1, -0.05) is 78.4 Å². The fourth-order valence-corrected chi connectivity index (χ4v) is 6.27. The van der Waals surface area contributed by atoms with Gasteiger partial charge >= 0.3 is 0 Å². The number of nitrogens with zero attached hydrogens (tertiary/aromatic N) is 5. The standard InChI is InChI=1S/C36H32N6O2S/c1-25-13-15-27(16-14-25)33-22-32(38-34-23-31(39-42(33)34)26-8-3-2-4-9-26)36(44)41-19-17-40(18-20-41)35(43)29-11-5-6-12-30(29)37-24-28-10-7-21-45-28/h2-16,21-23,37H,17-20,24H2,1H3. The molecule has 0 atom stereocenters. The van der Waals surface area contributed by atoms with Gasteiger partial charge < -0.3 is 15.1 Å². The first-order valence-corrected chi connectivity index (χ1v) is 15.9. The topological polar surface area (TPSA) is 82.8 Å². The molecule has 1 fully saturated rings. The largest absolute Gasteiger partial charge is 0.380 e. The van der Waals surface area contributed by atoms with E-state index in [0.717, 1.165) is 33.8 Å². The van der Waals surface area contributed by atoms with Gasteiger partial charge in [0.05, 0.1) is 17.0 Å². The Hall–Kier alpha value is -5.28. The molecule has 7 rings (SSSR count). The zero-order chi connectivity index (χ0) is 30.8. The molecule has 0 spiro atoms. The molecule has 0 unspecified atom stereocenters. The number of nitrogens with one attached hydrogen (secondary N) is 1. The second kappa shape index (κ2) is 12.4. The Labute approximate surface area is 265 Å². The lowest BCUT2D eigenvalue weighted by Gasteiger charge is -2.35. The Morgan fingerprint density at radius 3 is 2.22 bits per heavy atom. The Morgan fingerprint density at radius 2 is 1.49 bits per heavy atom. The lowest BCUT2D eigenvalue weighted by Crippen LogP contribution is -2.50. The fourth-order valence-electron chi connectivity index (χ4n) is 5.63. The van der Waals surface area contributed by atoms with E-state index in [0.29, 0.717) is 49.6 Å². The summed E-state index contributed by atoms with van der Waals surface area (Å²) in [5.41, 5.74) is 7.09. The van der Waals surface area contributed by atoms with Crippen LogP contribution in [0.1, 0.15) is 31.3 Å². The number of fused-ring (bicyclic) bond motifs is 1. The summed E-state index contributed by atoms with van der Waals surface area (Å²) < 4.78 is 1.81. The maximum absolute atomic E-state index is 13.9. The fraction of sp³-hybridized carbons (Fsp3) is 0.167. The zero-order valence-electron chi connectivity index (χ0n) is 24.9. The monoisotopic (exact) mass is 612 g/mol. The molecule has 8 nitrogen and oxygen atoms in total. The highest BCUT2D eigenvalue weighted by molar-refractivity contribution is 7.09. The molecule has 3 aromatic carbocycles. The summed E-state index contributed by atoms with van der Waals surface area (Å²) in [6.45, 7) is 4.46. The molecule has 0 aliphatic carbocycles. The average Bonchev–Trinajstić information content (AvgIpc) is 3.78. The molecule has 2 amide bonds. The number of rotatable bonds is 7. The van der Waals surface area contributed by atoms with Gasteiger partial charge in [-0.25, -0.2) is 9.50 Å². The predicted octanol–water partition coefficient (Wildman–Crippen LogP) is 6.64. The third-order valence-electron chi connectivity index (χ3n) is 8.11. The van der Waals surface area contributed by atoms with Gasteiger partial charge in [0.25, 0.3) is 11.8 Å². The van der Waals surface area contributed by atoms with Crippen LogP contribution in [0.25, 0.3) is 28.2 Å². The molecule has 9 heteroatoms. The number of carbonyl (C=O) groups excluding carboxylic acids is 2. The van der Waals surface area contributed by atoms with Gasteiger partial charge in [-0.15, -0.1) is 11.3 Å². The summed E-state index contributed by atoms with van der Waals surface area (Å²) in [5.74, 6) is -0.191. The first-order valence-electron chi connectivity index (χ1n) is 15.0. The SMILES string of the molecule is Cc1ccc(-c2cc(C(=O)N3CCN(C(=O)c4ccccc4NCc4cccs4)CC3)nc3cc(-c4ccccc4)nn23)cc1. The third kappa shape index (κ3) is 5.94. The molecule has 6 aromatic rings. The molecular weight excluding hydrogens is 581 g/mol. The second-order valence-corrected chi connectivity index (χ2v) is 12.2. The molecule has 1 aliphatic heterocycles. The molecule has 4 heterocycles. The highest BCUT2D eigenvalue weighted by Gasteiger charge is 2.28. The van der Waals surface area contributed by atoms with E-state index in [4.69, 9.17) is 10.1 Å². The summed E-state index contributed by atoms with van der Waals surface area (Å²) in [6, 6.07) is 33.6. The van der Waals surface area contributed by atoms with Crippen molar-refractivity contribution in [3.63, 3.8) is 0 Å². The van der Waals surface area contributed by atoms with Crippen LogP contribution in [0.2, 0.25) is 0 Å². The summed E-state index contributed by atoms with van der Waals surface area (Å²) >= 11 is 1.68. The van der Waals surface area contributed by atoms with Crippen LogP contribution in [0.15, 0.2) is 109 Å². The minimum absolute atomic E-state index is 0.0368. The summed E-state index contributed by atoms with van der Waals surface area (Å²) in [7, 11) is 0. The molecule has 1 saturated heterocycles. The van der Waals surface area contributed by atoms with E-state index >= 15 is 0 Å². The average molecular weight is 613 g/mol. The van der Waals surface area contributed by atoms with Crippen molar-refractivity contribution in [2.75, 3.05) is 31.5 Å². The number of amides is 2. The summed E-state index contributed by atoms with van der Waals surface area (Å²) in [5, 5.41) is 10.3. The summed E-state index contributed by atoms with van der Waals surface area (Å²) in [4.78, 5) is 37.1. The van der Waals surface area contributed by atoms with Gasteiger partial charge in [0.2, 0.25) is 0 Å². The minimum atomic E-state index is -0.154. The van der Waals surface area contributed by atoms with Crippen LogP contribution in [0.4, 0.5) is 5.69 Å². The highest BCUT2D eigenvalue weighted by Crippen LogP contribution is 2.27. The van der Waals surface area contributed by atoms with Gasteiger partial charge in [-0.05, 0) is 36.6 Å². The van der Waals surface area contributed by atoms with Gasteiger partial charge in [0.15, 0.2) is 5.65 Å². The number of hydrogen-bond donors (Lipinski definition) is 1. The molecule has 0 saturated carbocycles. The van der Waals surface area contributed by atoms with Gasteiger partial charge in [0, 0.05) is 60.5 Å². The van der Waals surface area contributed by atoms with E-state index < -0.39 is 0 Å². The Balaban J connectivity index is 1.11. The van der Waals surface area contributed by atoms with Crippen molar-refractivity contribution in [3.05, 3.63) is 130 Å². The van der Waals surface area contributed by atoms with Crippen LogP contribution in [0.3, 0.4) is 0 Å². The van der Waals surface area contributed by atoms with Crippen molar-refractivity contribution in [3.8, 4) is 22.5 Å².